The fourth-order valence-electron chi connectivity index (χ4n) is 6.06. The van der Waals surface area contributed by atoms with Crippen LogP contribution in [0.1, 0.15) is 34.9 Å². The fraction of sp³-hybridized carbons (Fsp3) is 0.615. The van der Waals surface area contributed by atoms with Crippen molar-refractivity contribution in [3.8, 4) is 11.3 Å². The van der Waals surface area contributed by atoms with E-state index in [9.17, 15) is 13.2 Å². The maximum absolute atomic E-state index is 13.6. The minimum atomic E-state index is -3.73. The number of likely N-dealkylation sites (tertiary alicyclic amines) is 1. The quantitative estimate of drug-likeness (QED) is 0.544. The van der Waals surface area contributed by atoms with Gasteiger partial charge in [0, 0.05) is 56.9 Å². The molecule has 4 aliphatic heterocycles. The number of sulfone groups is 1. The van der Waals surface area contributed by atoms with Crippen molar-refractivity contribution in [3.63, 3.8) is 0 Å². The summed E-state index contributed by atoms with van der Waals surface area (Å²) in [5, 5.41) is 5.10. The summed E-state index contributed by atoms with van der Waals surface area (Å²) in [6.07, 6.45) is 1.92. The molecule has 1 aromatic carbocycles. The van der Waals surface area contributed by atoms with Gasteiger partial charge in [-0.05, 0) is 25.5 Å². The number of morpholine rings is 2. The summed E-state index contributed by atoms with van der Waals surface area (Å²) in [5.74, 6) is -0.512. The van der Waals surface area contributed by atoms with Crippen LogP contribution in [0.4, 0.5) is 0 Å². The topological polar surface area (TPSA) is 97.2 Å². The Labute approximate surface area is 228 Å². The Kier molecular flexibility index (Phi) is 7.49. The number of amides is 1. The van der Waals surface area contributed by atoms with Crippen LogP contribution >= 0.6 is 11.6 Å². The molecule has 12 heteroatoms. The largest absolute Gasteiger partial charge is 0.379 e. The lowest BCUT2D eigenvalue weighted by Gasteiger charge is -2.36. The van der Waals surface area contributed by atoms with Gasteiger partial charge in [-0.1, -0.05) is 23.7 Å². The summed E-state index contributed by atoms with van der Waals surface area (Å²) in [7, 11) is -3.73. The number of benzene rings is 1. The molecule has 38 heavy (non-hydrogen) atoms. The average Bonchev–Trinajstić information content (AvgIpc) is 3.31. The Morgan fingerprint density at radius 2 is 1.71 bits per heavy atom. The first-order valence-electron chi connectivity index (χ1n) is 13.4. The molecule has 2 aromatic rings. The number of carbonyl (C=O) groups is 1. The third-order valence-electron chi connectivity index (χ3n) is 8.04. The molecule has 0 bridgehead atoms. The number of nitrogens with zero attached hydrogens (tertiary/aromatic N) is 5. The second-order valence-electron chi connectivity index (χ2n) is 10.5. The summed E-state index contributed by atoms with van der Waals surface area (Å²) in [5.41, 5.74) is 1.98. The smallest absolute Gasteiger partial charge is 0.274 e. The molecule has 0 saturated carbocycles. The maximum Gasteiger partial charge on any atom is 0.274 e. The lowest BCUT2D eigenvalue weighted by Crippen LogP contribution is -2.44. The van der Waals surface area contributed by atoms with Crippen LogP contribution in [-0.2, 0) is 25.1 Å². The van der Waals surface area contributed by atoms with Gasteiger partial charge in [-0.25, -0.2) is 8.42 Å². The minimum Gasteiger partial charge on any atom is -0.379 e. The Morgan fingerprint density at radius 1 is 1.00 bits per heavy atom. The van der Waals surface area contributed by atoms with Crippen molar-refractivity contribution in [1.82, 2.24) is 24.5 Å². The van der Waals surface area contributed by atoms with Gasteiger partial charge >= 0.3 is 0 Å². The van der Waals surface area contributed by atoms with Crippen LogP contribution in [0.15, 0.2) is 23.1 Å². The first-order chi connectivity index (χ1) is 18.4. The van der Waals surface area contributed by atoms with E-state index in [1.54, 1.807) is 23.1 Å². The number of fused-ring (bicyclic) bond motifs is 3. The molecule has 4 aliphatic rings. The SMILES string of the molecule is O=C(c1nn([C@H]2CCCN(CCN3CCOCC3)C2)c2c1CS(=O)(=O)c1c(Cl)cccc1-2)N1CCOCC1. The molecule has 1 atom stereocenters. The van der Waals surface area contributed by atoms with E-state index in [1.807, 2.05) is 4.68 Å². The zero-order valence-electron chi connectivity index (χ0n) is 21.5. The fourth-order valence-corrected chi connectivity index (χ4v) is 8.25. The van der Waals surface area contributed by atoms with E-state index in [1.165, 1.54) is 0 Å². The number of rotatable bonds is 5. The lowest BCUT2D eigenvalue weighted by molar-refractivity contribution is 0.0294. The molecular weight excluding hydrogens is 530 g/mol. The van der Waals surface area contributed by atoms with E-state index >= 15 is 0 Å². The van der Waals surface area contributed by atoms with Crippen LogP contribution in [0.3, 0.4) is 0 Å². The van der Waals surface area contributed by atoms with Crippen LogP contribution in [-0.4, -0.2) is 118 Å². The molecule has 0 N–H and O–H groups in total. The Morgan fingerprint density at radius 3 is 2.47 bits per heavy atom. The van der Waals surface area contributed by atoms with Gasteiger partial charge in [0.2, 0.25) is 0 Å². The summed E-state index contributed by atoms with van der Waals surface area (Å²) in [6, 6.07) is 5.19. The number of aromatic nitrogens is 2. The molecule has 6 rings (SSSR count). The molecule has 5 heterocycles. The van der Waals surface area contributed by atoms with Crippen molar-refractivity contribution in [2.45, 2.75) is 29.5 Å². The molecule has 3 fully saturated rings. The number of hydrogen-bond donors (Lipinski definition) is 0. The molecule has 1 amide bonds. The molecule has 0 radical (unpaired) electrons. The molecule has 10 nitrogen and oxygen atoms in total. The monoisotopic (exact) mass is 563 g/mol. The van der Waals surface area contributed by atoms with E-state index in [2.05, 4.69) is 9.80 Å². The second kappa shape index (κ2) is 10.9. The van der Waals surface area contributed by atoms with Crippen molar-refractivity contribution in [2.75, 3.05) is 78.8 Å². The second-order valence-corrected chi connectivity index (χ2v) is 12.8. The Bertz CT molecular complexity index is 1300. The van der Waals surface area contributed by atoms with E-state index in [0.717, 1.165) is 65.3 Å². The molecule has 206 valence electrons. The first kappa shape index (κ1) is 26.2. The van der Waals surface area contributed by atoms with Gasteiger partial charge in [0.1, 0.15) is 0 Å². The summed E-state index contributed by atoms with van der Waals surface area (Å²) in [4.78, 5) is 20.4. The average molecular weight is 564 g/mol. The predicted octanol–water partition coefficient (Wildman–Crippen LogP) is 1.93. The van der Waals surface area contributed by atoms with Crippen molar-refractivity contribution in [2.24, 2.45) is 0 Å². The molecule has 0 unspecified atom stereocenters. The van der Waals surface area contributed by atoms with E-state index < -0.39 is 9.84 Å². The van der Waals surface area contributed by atoms with Gasteiger partial charge in [0.05, 0.1) is 53.8 Å². The molecular formula is C26H34ClN5O5S. The van der Waals surface area contributed by atoms with Gasteiger partial charge < -0.3 is 14.4 Å². The standard InChI is InChI=1S/C26H34ClN5O5S/c27-22-5-1-4-20-24-21(18-38(34,35)25(20)22)23(26(33)31-11-15-37-16-12-31)28-32(24)19-3-2-6-30(17-19)8-7-29-9-13-36-14-10-29/h1,4-5,19H,2-3,6-18H2/t19-/m0/s1. The third kappa shape index (κ3) is 5.00. The van der Waals surface area contributed by atoms with Gasteiger partial charge in [0.15, 0.2) is 15.5 Å². The molecule has 0 aliphatic carbocycles. The Balaban J connectivity index is 1.36. The van der Waals surface area contributed by atoms with Crippen LogP contribution in [0.25, 0.3) is 11.3 Å². The van der Waals surface area contributed by atoms with Crippen LogP contribution in [0.2, 0.25) is 5.02 Å². The first-order valence-corrected chi connectivity index (χ1v) is 15.5. The van der Waals surface area contributed by atoms with Crippen molar-refractivity contribution in [1.29, 1.82) is 0 Å². The van der Waals surface area contributed by atoms with Crippen molar-refractivity contribution < 1.29 is 22.7 Å². The minimum absolute atomic E-state index is 0.0288. The molecule has 0 spiro atoms. The zero-order chi connectivity index (χ0) is 26.3. The predicted molar refractivity (Wildman–Crippen MR) is 142 cm³/mol. The van der Waals surface area contributed by atoms with Gasteiger partial charge in [-0.2, -0.15) is 5.10 Å². The summed E-state index contributed by atoms with van der Waals surface area (Å²) in [6.45, 7) is 9.11. The number of carbonyl (C=O) groups excluding carboxylic acids is 1. The van der Waals surface area contributed by atoms with Gasteiger partial charge in [0.25, 0.3) is 5.91 Å². The normalized spacial score (nSPS) is 24.1. The van der Waals surface area contributed by atoms with Crippen LogP contribution in [0.5, 0.6) is 0 Å². The Hall–Kier alpha value is -2.02. The zero-order valence-corrected chi connectivity index (χ0v) is 23.1. The highest BCUT2D eigenvalue weighted by Gasteiger charge is 2.40. The number of ether oxygens (including phenoxy) is 2. The van der Waals surface area contributed by atoms with E-state index in [4.69, 9.17) is 26.2 Å². The highest BCUT2D eigenvalue weighted by Crippen LogP contribution is 2.44. The highest BCUT2D eigenvalue weighted by atomic mass is 35.5. The lowest BCUT2D eigenvalue weighted by atomic mass is 10.0. The summed E-state index contributed by atoms with van der Waals surface area (Å²) < 4.78 is 39.6. The maximum atomic E-state index is 13.6. The number of halogens is 1. The van der Waals surface area contributed by atoms with Crippen molar-refractivity contribution in [3.05, 3.63) is 34.5 Å². The highest BCUT2D eigenvalue weighted by molar-refractivity contribution is 7.91. The van der Waals surface area contributed by atoms with Gasteiger partial charge in [-0.15, -0.1) is 0 Å². The summed E-state index contributed by atoms with van der Waals surface area (Å²) >= 11 is 6.44. The van der Waals surface area contributed by atoms with Crippen molar-refractivity contribution >= 4 is 27.3 Å². The van der Waals surface area contributed by atoms with E-state index in [0.29, 0.717) is 43.1 Å². The third-order valence-corrected chi connectivity index (χ3v) is 10.2. The number of piperidine rings is 1. The number of hydrogen-bond acceptors (Lipinski definition) is 8. The van der Waals surface area contributed by atoms with Crippen LogP contribution < -0.4 is 0 Å². The van der Waals surface area contributed by atoms with Crippen LogP contribution in [0, 0.1) is 0 Å². The van der Waals surface area contributed by atoms with Gasteiger partial charge in [-0.3, -0.25) is 19.3 Å². The van der Waals surface area contributed by atoms with E-state index in [-0.39, 0.29) is 33.3 Å². The molecule has 3 saturated heterocycles. The molecule has 1 aromatic heterocycles.